The van der Waals surface area contributed by atoms with Gasteiger partial charge >= 0.3 is 0 Å². The standard InChI is InChI=1S/C13H19NOS/c1-12(2)11(15)14-10(16-12)8-13-5-3-9(7-13)4-6-13/h9H,3-8H2,1-2H3. The molecule has 0 spiro atoms. The van der Waals surface area contributed by atoms with Crippen LogP contribution in [0.15, 0.2) is 4.99 Å². The minimum absolute atomic E-state index is 0.0662. The topological polar surface area (TPSA) is 29.4 Å². The van der Waals surface area contributed by atoms with Gasteiger partial charge in [0.1, 0.15) is 0 Å². The highest BCUT2D eigenvalue weighted by molar-refractivity contribution is 8.16. The average Bonchev–Trinajstić information content (AvgIpc) is 2.81. The summed E-state index contributed by atoms with van der Waals surface area (Å²) < 4.78 is -0.303. The van der Waals surface area contributed by atoms with E-state index in [1.165, 1.54) is 32.1 Å². The number of hydrogen-bond acceptors (Lipinski definition) is 2. The van der Waals surface area contributed by atoms with Gasteiger partial charge in [-0.2, -0.15) is 0 Å². The van der Waals surface area contributed by atoms with Crippen LogP contribution in [0.3, 0.4) is 0 Å². The van der Waals surface area contributed by atoms with Crippen molar-refractivity contribution in [1.29, 1.82) is 0 Å². The normalized spacial score (nSPS) is 40.5. The third-order valence-corrected chi connectivity index (χ3v) is 5.68. The maximum atomic E-state index is 11.7. The van der Waals surface area contributed by atoms with E-state index >= 15 is 0 Å². The van der Waals surface area contributed by atoms with Gasteiger partial charge < -0.3 is 0 Å². The first kappa shape index (κ1) is 10.8. The van der Waals surface area contributed by atoms with Crippen LogP contribution in [0, 0.1) is 11.3 Å². The molecule has 3 rings (SSSR count). The zero-order valence-electron chi connectivity index (χ0n) is 10.1. The van der Waals surface area contributed by atoms with Crippen molar-refractivity contribution >= 4 is 22.7 Å². The van der Waals surface area contributed by atoms with E-state index in [1.807, 2.05) is 13.8 Å². The van der Waals surface area contributed by atoms with E-state index in [2.05, 4.69) is 4.99 Å². The largest absolute Gasteiger partial charge is 0.271 e. The average molecular weight is 237 g/mol. The number of amides is 1. The first-order chi connectivity index (χ1) is 7.49. The maximum absolute atomic E-state index is 11.7. The molecular weight excluding hydrogens is 218 g/mol. The Balaban J connectivity index is 1.73. The highest BCUT2D eigenvalue weighted by Crippen LogP contribution is 2.57. The van der Waals surface area contributed by atoms with Gasteiger partial charge in [0.2, 0.25) is 0 Å². The quantitative estimate of drug-likeness (QED) is 0.736. The van der Waals surface area contributed by atoms with Gasteiger partial charge in [-0.3, -0.25) is 4.79 Å². The summed E-state index contributed by atoms with van der Waals surface area (Å²) in [5.41, 5.74) is 0.525. The van der Waals surface area contributed by atoms with Crippen molar-refractivity contribution in [2.24, 2.45) is 16.3 Å². The number of carbonyl (C=O) groups excluding carboxylic acids is 1. The summed E-state index contributed by atoms with van der Waals surface area (Å²) in [6.07, 6.45) is 8.02. The molecule has 0 radical (unpaired) electrons. The fraction of sp³-hybridized carbons (Fsp3) is 0.846. The third kappa shape index (κ3) is 1.64. The molecule has 2 bridgehead atoms. The summed E-state index contributed by atoms with van der Waals surface area (Å²) in [6, 6.07) is 0. The molecule has 2 saturated carbocycles. The molecule has 88 valence electrons. The molecule has 0 aromatic heterocycles. The Hall–Kier alpha value is -0.310. The Kier molecular flexibility index (Phi) is 2.26. The zero-order valence-corrected chi connectivity index (χ0v) is 10.9. The lowest BCUT2D eigenvalue weighted by molar-refractivity contribution is -0.119. The molecule has 0 atom stereocenters. The minimum Gasteiger partial charge on any atom is -0.271 e. The number of nitrogens with zero attached hydrogens (tertiary/aromatic N) is 1. The lowest BCUT2D eigenvalue weighted by Crippen LogP contribution is -2.22. The minimum atomic E-state index is -0.303. The lowest BCUT2D eigenvalue weighted by Gasteiger charge is -2.26. The molecular formula is C13H19NOS. The smallest absolute Gasteiger partial charge is 0.262 e. The molecule has 16 heavy (non-hydrogen) atoms. The van der Waals surface area contributed by atoms with E-state index in [-0.39, 0.29) is 10.7 Å². The molecule has 0 saturated heterocycles. The first-order valence-electron chi connectivity index (χ1n) is 6.30. The van der Waals surface area contributed by atoms with Crippen LogP contribution in [0.2, 0.25) is 0 Å². The lowest BCUT2D eigenvalue weighted by atomic mass is 9.81. The van der Waals surface area contributed by atoms with Crippen LogP contribution in [0.5, 0.6) is 0 Å². The van der Waals surface area contributed by atoms with E-state index in [4.69, 9.17) is 0 Å². The van der Waals surface area contributed by atoms with E-state index in [1.54, 1.807) is 11.8 Å². The van der Waals surface area contributed by atoms with Crippen molar-refractivity contribution in [2.45, 2.75) is 57.1 Å². The highest BCUT2D eigenvalue weighted by Gasteiger charge is 2.47. The molecule has 0 N–H and O–H groups in total. The summed E-state index contributed by atoms with van der Waals surface area (Å²) >= 11 is 1.70. The van der Waals surface area contributed by atoms with Gasteiger partial charge in [-0.25, -0.2) is 4.99 Å². The number of aliphatic imine (C=N–C) groups is 1. The van der Waals surface area contributed by atoms with Crippen molar-refractivity contribution in [3.63, 3.8) is 0 Å². The molecule has 0 aromatic rings. The number of thioether (sulfide) groups is 1. The van der Waals surface area contributed by atoms with Crippen LogP contribution in [0.4, 0.5) is 0 Å². The summed E-state index contributed by atoms with van der Waals surface area (Å²) in [5, 5.41) is 1.11. The SMILES string of the molecule is CC1(C)SC(CC23CCC(CC2)C3)=NC1=O. The van der Waals surface area contributed by atoms with Gasteiger partial charge in [-0.05, 0) is 57.3 Å². The van der Waals surface area contributed by atoms with Crippen molar-refractivity contribution in [2.75, 3.05) is 0 Å². The van der Waals surface area contributed by atoms with E-state index in [0.29, 0.717) is 5.41 Å². The van der Waals surface area contributed by atoms with Crippen LogP contribution >= 0.6 is 11.8 Å². The van der Waals surface area contributed by atoms with E-state index in [0.717, 1.165) is 17.4 Å². The van der Waals surface area contributed by atoms with Gasteiger partial charge in [0, 0.05) is 6.42 Å². The molecule has 1 aliphatic heterocycles. The molecule has 3 aliphatic rings. The van der Waals surface area contributed by atoms with E-state index in [9.17, 15) is 4.79 Å². The maximum Gasteiger partial charge on any atom is 0.262 e. The van der Waals surface area contributed by atoms with Gasteiger partial charge in [0.25, 0.3) is 5.91 Å². The predicted molar refractivity (Wildman–Crippen MR) is 67.7 cm³/mol. The Labute approximate surface area is 101 Å². The first-order valence-corrected chi connectivity index (χ1v) is 7.12. The highest BCUT2D eigenvalue weighted by atomic mass is 32.2. The molecule has 2 nitrogen and oxygen atoms in total. The van der Waals surface area contributed by atoms with Crippen molar-refractivity contribution in [3.8, 4) is 0 Å². The summed E-state index contributed by atoms with van der Waals surface area (Å²) in [4.78, 5) is 15.9. The van der Waals surface area contributed by atoms with Gasteiger partial charge in [-0.15, -0.1) is 0 Å². The number of rotatable bonds is 2. The summed E-state index contributed by atoms with van der Waals surface area (Å²) in [6.45, 7) is 3.97. The Bertz CT molecular complexity index is 364. The fourth-order valence-corrected chi connectivity index (χ4v) is 4.79. The monoisotopic (exact) mass is 237 g/mol. The van der Waals surface area contributed by atoms with Crippen molar-refractivity contribution in [1.82, 2.24) is 0 Å². The Morgan fingerprint density at radius 1 is 1.38 bits per heavy atom. The predicted octanol–water partition coefficient (Wildman–Crippen LogP) is 3.41. The van der Waals surface area contributed by atoms with Crippen LogP contribution in [-0.2, 0) is 4.79 Å². The molecule has 1 amide bonds. The molecule has 0 aromatic carbocycles. The van der Waals surface area contributed by atoms with Gasteiger partial charge in [0.05, 0.1) is 9.79 Å². The second-order valence-electron chi connectivity index (χ2n) is 6.25. The van der Waals surface area contributed by atoms with Crippen LogP contribution in [-0.4, -0.2) is 15.7 Å². The third-order valence-electron chi connectivity index (χ3n) is 4.53. The fourth-order valence-electron chi connectivity index (χ4n) is 3.56. The zero-order chi connectivity index (χ0) is 11.4. The van der Waals surface area contributed by atoms with Gasteiger partial charge in [-0.1, -0.05) is 11.8 Å². The molecule has 2 fully saturated rings. The molecule has 1 heterocycles. The van der Waals surface area contributed by atoms with Crippen molar-refractivity contribution in [3.05, 3.63) is 0 Å². The van der Waals surface area contributed by atoms with E-state index < -0.39 is 0 Å². The molecule has 0 unspecified atom stereocenters. The second-order valence-corrected chi connectivity index (χ2v) is 7.94. The molecule has 2 aliphatic carbocycles. The number of hydrogen-bond donors (Lipinski definition) is 0. The summed E-state index contributed by atoms with van der Waals surface area (Å²) in [7, 11) is 0. The van der Waals surface area contributed by atoms with Crippen LogP contribution in [0.25, 0.3) is 0 Å². The second kappa shape index (κ2) is 3.34. The molecule has 3 heteroatoms. The van der Waals surface area contributed by atoms with Crippen LogP contribution in [0.1, 0.15) is 52.4 Å². The number of fused-ring (bicyclic) bond motifs is 2. The Morgan fingerprint density at radius 2 is 2.06 bits per heavy atom. The Morgan fingerprint density at radius 3 is 2.50 bits per heavy atom. The van der Waals surface area contributed by atoms with Crippen molar-refractivity contribution < 1.29 is 4.79 Å². The summed E-state index contributed by atoms with van der Waals surface area (Å²) in [5.74, 6) is 1.05. The van der Waals surface area contributed by atoms with Gasteiger partial charge in [0.15, 0.2) is 0 Å². The van der Waals surface area contributed by atoms with Crippen LogP contribution < -0.4 is 0 Å². The number of carbonyl (C=O) groups is 1.